The molecule has 0 spiro atoms. The largest absolute Gasteiger partial charge is 0.493 e. The third kappa shape index (κ3) is 3.37. The summed E-state index contributed by atoms with van der Waals surface area (Å²) in [5.74, 6) is 1.20. The molecule has 1 N–H and O–H groups in total. The van der Waals surface area contributed by atoms with Crippen LogP contribution < -0.4 is 9.47 Å². The Morgan fingerprint density at radius 1 is 1.00 bits per heavy atom. The number of rotatable bonds is 6. The maximum atomic E-state index is 10.6. The van der Waals surface area contributed by atoms with Crippen molar-refractivity contribution < 1.29 is 14.6 Å². The lowest BCUT2D eigenvalue weighted by atomic mass is 9.98. The van der Waals surface area contributed by atoms with Gasteiger partial charge in [-0.1, -0.05) is 49.7 Å². The van der Waals surface area contributed by atoms with Crippen molar-refractivity contribution in [3.05, 3.63) is 59.2 Å². The van der Waals surface area contributed by atoms with Gasteiger partial charge in [-0.25, -0.2) is 0 Å². The van der Waals surface area contributed by atoms with Crippen LogP contribution in [0.25, 0.3) is 0 Å². The predicted molar refractivity (Wildman–Crippen MR) is 84.0 cm³/mol. The molecule has 112 valence electrons. The van der Waals surface area contributed by atoms with Gasteiger partial charge in [0.25, 0.3) is 0 Å². The van der Waals surface area contributed by atoms with E-state index in [-0.39, 0.29) is 0 Å². The van der Waals surface area contributed by atoms with Crippen LogP contribution in [0.15, 0.2) is 42.5 Å². The van der Waals surface area contributed by atoms with E-state index >= 15 is 0 Å². The summed E-state index contributed by atoms with van der Waals surface area (Å²) >= 11 is 0. The van der Waals surface area contributed by atoms with Gasteiger partial charge >= 0.3 is 0 Å². The summed E-state index contributed by atoms with van der Waals surface area (Å²) in [6.07, 6.45) is 1.44. The normalized spacial score (nSPS) is 12.0. The van der Waals surface area contributed by atoms with E-state index in [0.29, 0.717) is 17.1 Å². The van der Waals surface area contributed by atoms with Crippen LogP contribution >= 0.6 is 0 Å². The number of benzene rings is 2. The minimum absolute atomic E-state index is 0.574. The lowest BCUT2D eigenvalue weighted by Crippen LogP contribution is -2.04. The van der Waals surface area contributed by atoms with E-state index in [1.54, 1.807) is 14.2 Å². The molecule has 1 unspecified atom stereocenters. The van der Waals surface area contributed by atoms with Crippen LogP contribution in [0, 0.1) is 0 Å². The standard InChI is InChI=1S/C18H22O3/c1-4-6-13-9-11-14(12-10-13)17(19)15-7-5-8-16(20-2)18(15)21-3/h5,7-12,17,19H,4,6H2,1-3H3. The summed E-state index contributed by atoms with van der Waals surface area (Å²) in [5, 5.41) is 10.6. The Balaban J connectivity index is 2.33. The van der Waals surface area contributed by atoms with Crippen molar-refractivity contribution in [2.75, 3.05) is 14.2 Å². The van der Waals surface area contributed by atoms with E-state index in [1.165, 1.54) is 5.56 Å². The van der Waals surface area contributed by atoms with E-state index in [2.05, 4.69) is 19.1 Å². The average molecular weight is 286 g/mol. The Labute approximate surface area is 126 Å². The van der Waals surface area contributed by atoms with E-state index in [0.717, 1.165) is 18.4 Å². The van der Waals surface area contributed by atoms with E-state index < -0.39 is 6.10 Å². The minimum atomic E-state index is -0.731. The highest BCUT2D eigenvalue weighted by atomic mass is 16.5. The second-order valence-corrected chi connectivity index (χ2v) is 4.98. The minimum Gasteiger partial charge on any atom is -0.493 e. The number of hydrogen-bond donors (Lipinski definition) is 1. The van der Waals surface area contributed by atoms with Crippen molar-refractivity contribution >= 4 is 0 Å². The Morgan fingerprint density at radius 2 is 1.71 bits per heavy atom. The van der Waals surface area contributed by atoms with Crippen LogP contribution in [0.4, 0.5) is 0 Å². The average Bonchev–Trinajstić information content (AvgIpc) is 2.54. The van der Waals surface area contributed by atoms with Crippen LogP contribution in [0.3, 0.4) is 0 Å². The molecule has 0 aliphatic carbocycles. The quantitative estimate of drug-likeness (QED) is 0.879. The zero-order chi connectivity index (χ0) is 15.2. The molecular formula is C18H22O3. The van der Waals surface area contributed by atoms with Crippen molar-refractivity contribution in [1.82, 2.24) is 0 Å². The monoisotopic (exact) mass is 286 g/mol. The molecule has 0 radical (unpaired) electrons. The Bertz CT molecular complexity index is 576. The smallest absolute Gasteiger partial charge is 0.166 e. The van der Waals surface area contributed by atoms with Crippen molar-refractivity contribution in [3.63, 3.8) is 0 Å². The van der Waals surface area contributed by atoms with Gasteiger partial charge in [-0.3, -0.25) is 0 Å². The molecule has 0 aromatic heterocycles. The van der Waals surface area contributed by atoms with Crippen LogP contribution in [0.2, 0.25) is 0 Å². The summed E-state index contributed by atoms with van der Waals surface area (Å²) in [7, 11) is 3.17. The molecule has 0 saturated heterocycles. The molecule has 1 atom stereocenters. The van der Waals surface area contributed by atoms with Crippen molar-refractivity contribution in [3.8, 4) is 11.5 Å². The molecule has 0 heterocycles. The maximum Gasteiger partial charge on any atom is 0.166 e. The van der Waals surface area contributed by atoms with E-state index in [1.807, 2.05) is 30.3 Å². The second kappa shape index (κ2) is 7.14. The third-order valence-corrected chi connectivity index (χ3v) is 3.56. The van der Waals surface area contributed by atoms with Gasteiger partial charge in [0.1, 0.15) is 6.10 Å². The number of aliphatic hydroxyl groups excluding tert-OH is 1. The van der Waals surface area contributed by atoms with Gasteiger partial charge in [0.2, 0.25) is 0 Å². The number of ether oxygens (including phenoxy) is 2. The summed E-state index contributed by atoms with van der Waals surface area (Å²) in [5.41, 5.74) is 2.84. The topological polar surface area (TPSA) is 38.7 Å². The van der Waals surface area contributed by atoms with Crippen LogP contribution in [-0.4, -0.2) is 19.3 Å². The molecular weight excluding hydrogens is 264 g/mol. The highest BCUT2D eigenvalue weighted by Gasteiger charge is 2.18. The SMILES string of the molecule is CCCc1ccc(C(O)c2cccc(OC)c2OC)cc1. The molecule has 0 saturated carbocycles. The van der Waals surface area contributed by atoms with Gasteiger partial charge in [-0.05, 0) is 23.6 Å². The molecule has 0 bridgehead atoms. The van der Waals surface area contributed by atoms with Crippen molar-refractivity contribution in [1.29, 1.82) is 0 Å². The van der Waals surface area contributed by atoms with E-state index in [9.17, 15) is 5.11 Å². The molecule has 0 fully saturated rings. The zero-order valence-electron chi connectivity index (χ0n) is 12.8. The Kier molecular flexibility index (Phi) is 5.23. The number of aliphatic hydroxyl groups is 1. The number of methoxy groups -OCH3 is 2. The van der Waals surface area contributed by atoms with Gasteiger partial charge < -0.3 is 14.6 Å². The predicted octanol–water partition coefficient (Wildman–Crippen LogP) is 3.74. The molecule has 2 aromatic rings. The molecule has 21 heavy (non-hydrogen) atoms. The van der Waals surface area contributed by atoms with Crippen molar-refractivity contribution in [2.24, 2.45) is 0 Å². The summed E-state index contributed by atoms with van der Waals surface area (Å²) in [6.45, 7) is 2.16. The maximum absolute atomic E-state index is 10.6. The molecule has 0 amide bonds. The van der Waals surface area contributed by atoms with Crippen LogP contribution in [0.1, 0.15) is 36.1 Å². The molecule has 0 aliphatic heterocycles. The van der Waals surface area contributed by atoms with Gasteiger partial charge in [0.15, 0.2) is 11.5 Å². The fourth-order valence-corrected chi connectivity index (χ4v) is 2.46. The Hall–Kier alpha value is -2.00. The van der Waals surface area contributed by atoms with Gasteiger partial charge in [0.05, 0.1) is 14.2 Å². The van der Waals surface area contributed by atoms with Gasteiger partial charge in [0, 0.05) is 5.56 Å². The van der Waals surface area contributed by atoms with Crippen LogP contribution in [0.5, 0.6) is 11.5 Å². The fourth-order valence-electron chi connectivity index (χ4n) is 2.46. The highest BCUT2D eigenvalue weighted by molar-refractivity contribution is 5.50. The Morgan fingerprint density at radius 3 is 2.29 bits per heavy atom. The second-order valence-electron chi connectivity index (χ2n) is 4.98. The first kappa shape index (κ1) is 15.4. The lowest BCUT2D eigenvalue weighted by molar-refractivity contribution is 0.213. The first-order valence-corrected chi connectivity index (χ1v) is 7.19. The highest BCUT2D eigenvalue weighted by Crippen LogP contribution is 2.37. The number of hydrogen-bond acceptors (Lipinski definition) is 3. The molecule has 3 heteroatoms. The fraction of sp³-hybridized carbons (Fsp3) is 0.333. The summed E-state index contributed by atoms with van der Waals surface area (Å²) in [6, 6.07) is 13.6. The molecule has 3 nitrogen and oxygen atoms in total. The molecule has 2 rings (SSSR count). The van der Waals surface area contributed by atoms with Gasteiger partial charge in [-0.2, -0.15) is 0 Å². The summed E-state index contributed by atoms with van der Waals surface area (Å²) < 4.78 is 10.7. The van der Waals surface area contributed by atoms with E-state index in [4.69, 9.17) is 9.47 Å². The molecule has 2 aromatic carbocycles. The number of para-hydroxylation sites is 1. The zero-order valence-corrected chi connectivity index (χ0v) is 12.8. The van der Waals surface area contributed by atoms with Crippen molar-refractivity contribution in [2.45, 2.75) is 25.9 Å². The third-order valence-electron chi connectivity index (χ3n) is 3.56. The summed E-state index contributed by atoms with van der Waals surface area (Å²) in [4.78, 5) is 0. The lowest BCUT2D eigenvalue weighted by Gasteiger charge is -2.17. The molecule has 0 aliphatic rings. The first-order valence-electron chi connectivity index (χ1n) is 7.19. The van der Waals surface area contributed by atoms with Gasteiger partial charge in [-0.15, -0.1) is 0 Å². The number of aryl methyl sites for hydroxylation is 1. The first-order chi connectivity index (χ1) is 10.2. The van der Waals surface area contributed by atoms with Crippen LogP contribution in [-0.2, 0) is 6.42 Å².